The van der Waals surface area contributed by atoms with Crippen molar-refractivity contribution in [2.75, 3.05) is 0 Å². The van der Waals surface area contributed by atoms with Crippen molar-refractivity contribution < 1.29 is 9.90 Å². The molecule has 1 atom stereocenters. The molecular formula is C11H12N2O2. The van der Waals surface area contributed by atoms with E-state index in [0.717, 1.165) is 0 Å². The molecule has 4 nitrogen and oxygen atoms in total. The Morgan fingerprint density at radius 1 is 1.47 bits per heavy atom. The first-order valence-electron chi connectivity index (χ1n) is 4.69. The fourth-order valence-corrected chi connectivity index (χ4v) is 1.59. The number of pyridine rings is 1. The third-order valence-electron chi connectivity index (χ3n) is 2.34. The van der Waals surface area contributed by atoms with E-state index in [-0.39, 0.29) is 11.5 Å². The first kappa shape index (κ1) is 9.73. The molecule has 0 aromatic carbocycles. The van der Waals surface area contributed by atoms with Crippen LogP contribution in [0.1, 0.15) is 17.3 Å². The highest BCUT2D eigenvalue weighted by atomic mass is 16.3. The van der Waals surface area contributed by atoms with Gasteiger partial charge in [-0.1, -0.05) is 0 Å². The van der Waals surface area contributed by atoms with E-state index in [2.05, 4.69) is 0 Å². The Balaban J connectivity index is 2.67. The lowest BCUT2D eigenvalue weighted by Gasteiger charge is -2.04. The van der Waals surface area contributed by atoms with E-state index >= 15 is 0 Å². The van der Waals surface area contributed by atoms with Crippen molar-refractivity contribution in [3.8, 4) is 5.75 Å². The van der Waals surface area contributed by atoms with Gasteiger partial charge in [0.15, 0.2) is 5.78 Å². The summed E-state index contributed by atoms with van der Waals surface area (Å²) in [4.78, 5) is 11.7. The van der Waals surface area contributed by atoms with Gasteiger partial charge in [0.05, 0.1) is 11.6 Å². The molecule has 15 heavy (non-hydrogen) atoms. The maximum atomic E-state index is 11.7. The zero-order valence-electron chi connectivity index (χ0n) is 8.34. The molecule has 2 aromatic rings. The van der Waals surface area contributed by atoms with Gasteiger partial charge in [-0.2, -0.15) is 0 Å². The molecule has 0 saturated heterocycles. The van der Waals surface area contributed by atoms with Crippen LogP contribution < -0.4 is 5.73 Å². The molecule has 3 N–H and O–H groups in total. The van der Waals surface area contributed by atoms with Crippen LogP contribution in [0.2, 0.25) is 0 Å². The molecule has 2 rings (SSSR count). The second-order valence-electron chi connectivity index (χ2n) is 3.53. The maximum Gasteiger partial charge on any atom is 0.181 e. The van der Waals surface area contributed by atoms with Gasteiger partial charge in [-0.15, -0.1) is 0 Å². The number of carbonyl (C=O) groups is 1. The van der Waals surface area contributed by atoms with Gasteiger partial charge in [0.2, 0.25) is 0 Å². The Bertz CT molecular complexity index is 514. The van der Waals surface area contributed by atoms with E-state index in [4.69, 9.17) is 5.73 Å². The maximum absolute atomic E-state index is 11.7. The Morgan fingerprint density at radius 3 is 2.87 bits per heavy atom. The minimum atomic E-state index is -0.559. The molecule has 0 aliphatic carbocycles. The summed E-state index contributed by atoms with van der Waals surface area (Å²) in [5.74, 6) is -0.0782. The third kappa shape index (κ3) is 1.49. The fraction of sp³-hybridized carbons (Fsp3) is 0.182. The van der Waals surface area contributed by atoms with E-state index < -0.39 is 6.04 Å². The molecular weight excluding hydrogens is 192 g/mol. The summed E-state index contributed by atoms with van der Waals surface area (Å²) in [6, 6.07) is 4.37. The third-order valence-corrected chi connectivity index (χ3v) is 2.34. The van der Waals surface area contributed by atoms with Crippen molar-refractivity contribution in [2.24, 2.45) is 5.73 Å². The molecule has 78 valence electrons. The van der Waals surface area contributed by atoms with Crippen LogP contribution in [0.4, 0.5) is 0 Å². The number of aromatic nitrogens is 1. The Hall–Kier alpha value is -1.81. The topological polar surface area (TPSA) is 67.7 Å². The molecule has 0 bridgehead atoms. The number of hydrogen-bond donors (Lipinski definition) is 2. The van der Waals surface area contributed by atoms with Gasteiger partial charge in [0, 0.05) is 18.0 Å². The van der Waals surface area contributed by atoms with Gasteiger partial charge >= 0.3 is 0 Å². The van der Waals surface area contributed by atoms with Crippen LogP contribution in [0.3, 0.4) is 0 Å². The van der Waals surface area contributed by atoms with Crippen LogP contribution in [-0.4, -0.2) is 21.3 Å². The van der Waals surface area contributed by atoms with E-state index in [1.807, 2.05) is 0 Å². The van der Waals surface area contributed by atoms with E-state index in [1.165, 1.54) is 0 Å². The summed E-state index contributed by atoms with van der Waals surface area (Å²) >= 11 is 0. The van der Waals surface area contributed by atoms with Gasteiger partial charge < -0.3 is 15.2 Å². The number of carbonyl (C=O) groups excluding carboxylic acids is 1. The number of Topliss-reactive ketones (excluding diaryl/α,β-unsaturated/α-hetero) is 1. The summed E-state index contributed by atoms with van der Waals surface area (Å²) < 4.78 is 1.70. The summed E-state index contributed by atoms with van der Waals surface area (Å²) in [6.07, 6.45) is 3.50. The van der Waals surface area contributed by atoms with E-state index in [1.54, 1.807) is 41.9 Å². The molecule has 0 aliphatic rings. The Kier molecular flexibility index (Phi) is 2.21. The van der Waals surface area contributed by atoms with Gasteiger partial charge in [0.1, 0.15) is 5.75 Å². The molecule has 0 radical (unpaired) electrons. The van der Waals surface area contributed by atoms with Crippen molar-refractivity contribution >= 4 is 11.3 Å². The average Bonchev–Trinajstić information content (AvgIpc) is 2.61. The minimum absolute atomic E-state index is 0.0894. The lowest BCUT2D eigenvalue weighted by Crippen LogP contribution is -2.26. The quantitative estimate of drug-likeness (QED) is 0.721. The van der Waals surface area contributed by atoms with Crippen molar-refractivity contribution in [1.29, 1.82) is 0 Å². The number of nitrogens with two attached hydrogens (primary N) is 1. The van der Waals surface area contributed by atoms with Crippen LogP contribution in [-0.2, 0) is 0 Å². The molecule has 1 unspecified atom stereocenters. The van der Waals surface area contributed by atoms with Crippen LogP contribution >= 0.6 is 0 Å². The predicted octanol–water partition coefficient (Wildman–Crippen LogP) is 1.17. The molecule has 0 aliphatic heterocycles. The summed E-state index contributed by atoms with van der Waals surface area (Å²) in [6.45, 7) is 1.63. The second kappa shape index (κ2) is 3.40. The summed E-state index contributed by atoms with van der Waals surface area (Å²) in [7, 11) is 0. The van der Waals surface area contributed by atoms with E-state index in [9.17, 15) is 9.90 Å². The molecule has 4 heteroatoms. The Labute approximate surface area is 86.9 Å². The molecule has 0 amide bonds. The lowest BCUT2D eigenvalue weighted by atomic mass is 10.1. The zero-order valence-corrected chi connectivity index (χ0v) is 8.34. The van der Waals surface area contributed by atoms with Crippen molar-refractivity contribution in [3.05, 3.63) is 36.2 Å². The normalized spacial score (nSPS) is 12.9. The van der Waals surface area contributed by atoms with Crippen molar-refractivity contribution in [3.63, 3.8) is 0 Å². The number of ketones is 1. The van der Waals surface area contributed by atoms with Crippen LogP contribution in [0.25, 0.3) is 5.52 Å². The highest BCUT2D eigenvalue weighted by Gasteiger charge is 2.16. The largest absolute Gasteiger partial charge is 0.506 e. The molecule has 2 aromatic heterocycles. The van der Waals surface area contributed by atoms with Gasteiger partial charge in [0.25, 0.3) is 0 Å². The van der Waals surface area contributed by atoms with Crippen LogP contribution in [0.5, 0.6) is 5.75 Å². The lowest BCUT2D eigenvalue weighted by molar-refractivity contribution is 0.0969. The van der Waals surface area contributed by atoms with Gasteiger partial charge in [-0.3, -0.25) is 4.79 Å². The summed E-state index contributed by atoms with van der Waals surface area (Å²) in [5, 5.41) is 9.66. The monoisotopic (exact) mass is 204 g/mol. The standard InChI is InChI=1S/C11H12N2O2/c1-7(12)11(15)8-4-6-13-5-2-3-9(14)10(8)13/h2-7,14H,12H2,1H3. The van der Waals surface area contributed by atoms with Crippen LogP contribution in [0, 0.1) is 0 Å². The zero-order chi connectivity index (χ0) is 11.0. The number of nitrogens with zero attached hydrogens (tertiary/aromatic N) is 1. The molecule has 0 saturated carbocycles. The fourth-order valence-electron chi connectivity index (χ4n) is 1.59. The first-order chi connectivity index (χ1) is 7.11. The predicted molar refractivity (Wildman–Crippen MR) is 57.0 cm³/mol. The van der Waals surface area contributed by atoms with Gasteiger partial charge in [-0.05, 0) is 25.1 Å². The average molecular weight is 204 g/mol. The number of aromatic hydroxyl groups is 1. The minimum Gasteiger partial charge on any atom is -0.506 e. The van der Waals surface area contributed by atoms with Crippen LogP contribution in [0.15, 0.2) is 30.6 Å². The highest BCUT2D eigenvalue weighted by molar-refractivity contribution is 6.06. The smallest absolute Gasteiger partial charge is 0.181 e. The SMILES string of the molecule is CC(N)C(=O)c1ccn2cccc(O)c12. The highest BCUT2D eigenvalue weighted by Crippen LogP contribution is 2.23. The number of rotatable bonds is 2. The molecule has 0 fully saturated rings. The molecule has 2 heterocycles. The van der Waals surface area contributed by atoms with Gasteiger partial charge in [-0.25, -0.2) is 0 Å². The first-order valence-corrected chi connectivity index (χ1v) is 4.69. The number of hydrogen-bond acceptors (Lipinski definition) is 3. The summed E-state index contributed by atoms with van der Waals surface area (Å²) in [5.41, 5.74) is 6.50. The van der Waals surface area contributed by atoms with Crippen molar-refractivity contribution in [1.82, 2.24) is 4.40 Å². The Morgan fingerprint density at radius 2 is 2.20 bits per heavy atom. The van der Waals surface area contributed by atoms with E-state index in [0.29, 0.717) is 11.1 Å². The second-order valence-corrected chi connectivity index (χ2v) is 3.53. The number of fused-ring (bicyclic) bond motifs is 1. The van der Waals surface area contributed by atoms with Crippen molar-refractivity contribution in [2.45, 2.75) is 13.0 Å². The molecule has 0 spiro atoms.